The smallest absolute Gasteiger partial charge is 0.332 e. The monoisotopic (exact) mass is 258 g/mol. The van der Waals surface area contributed by atoms with Gasteiger partial charge in [-0.1, -0.05) is 0 Å². The number of rotatable bonds is 7. The van der Waals surface area contributed by atoms with Crippen molar-refractivity contribution in [2.24, 2.45) is 0 Å². The van der Waals surface area contributed by atoms with E-state index in [1.807, 2.05) is 0 Å². The van der Waals surface area contributed by atoms with Gasteiger partial charge >= 0.3 is 5.97 Å². The molecule has 5 heteroatoms. The van der Waals surface area contributed by atoms with Crippen molar-refractivity contribution in [3.63, 3.8) is 0 Å². The number of ether oxygens (including phenoxy) is 2. The van der Waals surface area contributed by atoms with Gasteiger partial charge in [0, 0.05) is 18.6 Å². The van der Waals surface area contributed by atoms with E-state index in [-0.39, 0.29) is 12.6 Å². The molecule has 2 unspecified atom stereocenters. The molecule has 2 atom stereocenters. The molecule has 0 aromatic carbocycles. The molecule has 1 rings (SSSR count). The van der Waals surface area contributed by atoms with E-state index in [4.69, 9.17) is 9.47 Å². The Bertz CT molecular complexity index is 248. The van der Waals surface area contributed by atoms with Crippen LogP contribution in [0.5, 0.6) is 0 Å². The fourth-order valence-electron chi connectivity index (χ4n) is 2.17. The first-order valence-corrected chi connectivity index (χ1v) is 6.80. The van der Waals surface area contributed by atoms with Crippen molar-refractivity contribution < 1.29 is 14.3 Å². The lowest BCUT2D eigenvalue weighted by Gasteiger charge is -2.35. The zero-order valence-corrected chi connectivity index (χ0v) is 11.8. The predicted molar refractivity (Wildman–Crippen MR) is 70.6 cm³/mol. The average Bonchev–Trinajstić information content (AvgIpc) is 2.33. The highest BCUT2D eigenvalue weighted by Gasteiger charge is 2.21. The van der Waals surface area contributed by atoms with Gasteiger partial charge in [-0.3, -0.25) is 0 Å². The van der Waals surface area contributed by atoms with Gasteiger partial charge in [0.1, 0.15) is 6.61 Å². The maximum absolute atomic E-state index is 11.0. The van der Waals surface area contributed by atoms with Crippen molar-refractivity contribution in [1.29, 1.82) is 0 Å². The molecule has 1 aliphatic rings. The van der Waals surface area contributed by atoms with Crippen LogP contribution in [-0.4, -0.2) is 62.9 Å². The lowest BCUT2D eigenvalue weighted by atomic mass is 9.99. The van der Waals surface area contributed by atoms with Crippen molar-refractivity contribution in [3.8, 4) is 0 Å². The van der Waals surface area contributed by atoms with E-state index in [1.165, 1.54) is 12.8 Å². The van der Waals surface area contributed by atoms with Crippen LogP contribution >= 0.6 is 0 Å². The van der Waals surface area contributed by atoms with Gasteiger partial charge in [-0.15, -0.1) is 0 Å². The molecule has 18 heavy (non-hydrogen) atoms. The molecule has 1 fully saturated rings. The van der Waals surface area contributed by atoms with Crippen LogP contribution in [-0.2, 0) is 14.3 Å². The Morgan fingerprint density at radius 1 is 1.50 bits per heavy atom. The molecule has 1 saturated heterocycles. The van der Waals surface area contributed by atoms with Gasteiger partial charge < -0.3 is 19.7 Å². The highest BCUT2D eigenvalue weighted by molar-refractivity contribution is 5.70. The molecule has 1 heterocycles. The number of piperidine rings is 1. The number of nitrogens with zero attached hydrogens (tertiary/aromatic N) is 1. The van der Waals surface area contributed by atoms with E-state index in [1.54, 1.807) is 6.92 Å². The minimum atomic E-state index is -0.287. The number of esters is 1. The summed E-state index contributed by atoms with van der Waals surface area (Å²) in [4.78, 5) is 13.4. The first-order chi connectivity index (χ1) is 8.63. The highest BCUT2D eigenvalue weighted by atomic mass is 16.6. The Balaban J connectivity index is 1.99. The first-order valence-electron chi connectivity index (χ1n) is 6.80. The van der Waals surface area contributed by atoms with Crippen molar-refractivity contribution in [3.05, 3.63) is 0 Å². The predicted octanol–water partition coefficient (Wildman–Crippen LogP) is 0.638. The van der Waals surface area contributed by atoms with E-state index in [0.29, 0.717) is 25.3 Å². The van der Waals surface area contributed by atoms with Crippen LogP contribution in [0.25, 0.3) is 0 Å². The molecule has 0 amide bonds. The Morgan fingerprint density at radius 2 is 2.28 bits per heavy atom. The van der Waals surface area contributed by atoms with Gasteiger partial charge in [-0.25, -0.2) is 4.79 Å². The highest BCUT2D eigenvalue weighted by Crippen LogP contribution is 2.14. The van der Waals surface area contributed by atoms with Crippen molar-refractivity contribution in [2.75, 3.05) is 40.0 Å². The van der Waals surface area contributed by atoms with E-state index >= 15 is 0 Å². The Morgan fingerprint density at radius 3 is 2.94 bits per heavy atom. The van der Waals surface area contributed by atoms with Gasteiger partial charge in [0.2, 0.25) is 0 Å². The van der Waals surface area contributed by atoms with Crippen molar-refractivity contribution in [2.45, 2.75) is 38.8 Å². The topological polar surface area (TPSA) is 50.8 Å². The minimum absolute atomic E-state index is 0.0549. The summed E-state index contributed by atoms with van der Waals surface area (Å²) in [6.07, 6.45) is 2.35. The molecule has 0 radical (unpaired) electrons. The van der Waals surface area contributed by atoms with Gasteiger partial charge in [0.05, 0.1) is 13.2 Å². The lowest BCUT2D eigenvalue weighted by molar-refractivity contribution is -0.148. The molecular weight excluding hydrogens is 232 g/mol. The summed E-state index contributed by atoms with van der Waals surface area (Å²) >= 11 is 0. The average molecular weight is 258 g/mol. The normalized spacial score (nSPS) is 25.1. The standard InChI is InChI=1S/C13H26N2O3/c1-4-18-13(16)10-17-8-6-14-12-5-7-15(3)11(2)9-12/h11-12,14H,4-10H2,1-3H3. The molecule has 0 spiro atoms. The summed E-state index contributed by atoms with van der Waals surface area (Å²) in [5.74, 6) is -0.287. The van der Waals surface area contributed by atoms with E-state index in [2.05, 4.69) is 24.2 Å². The number of hydrogen-bond acceptors (Lipinski definition) is 5. The summed E-state index contributed by atoms with van der Waals surface area (Å²) < 4.78 is 10.0. The zero-order chi connectivity index (χ0) is 13.4. The molecule has 0 aromatic rings. The summed E-state index contributed by atoms with van der Waals surface area (Å²) in [7, 11) is 2.17. The fourth-order valence-corrected chi connectivity index (χ4v) is 2.17. The summed E-state index contributed by atoms with van der Waals surface area (Å²) in [5, 5.41) is 3.47. The van der Waals surface area contributed by atoms with Gasteiger partial charge in [-0.05, 0) is 40.3 Å². The summed E-state index contributed by atoms with van der Waals surface area (Å²) in [6, 6.07) is 1.21. The first kappa shape index (κ1) is 15.4. The fraction of sp³-hybridized carbons (Fsp3) is 0.923. The lowest BCUT2D eigenvalue weighted by Crippen LogP contribution is -2.46. The molecule has 106 valence electrons. The van der Waals surface area contributed by atoms with Crippen LogP contribution in [0.15, 0.2) is 0 Å². The van der Waals surface area contributed by atoms with E-state index < -0.39 is 0 Å². The Labute approximate surface area is 110 Å². The van der Waals surface area contributed by atoms with Gasteiger partial charge in [-0.2, -0.15) is 0 Å². The quantitative estimate of drug-likeness (QED) is 0.536. The minimum Gasteiger partial charge on any atom is -0.464 e. The molecule has 5 nitrogen and oxygen atoms in total. The molecule has 0 bridgehead atoms. The second-order valence-corrected chi connectivity index (χ2v) is 4.86. The van der Waals surface area contributed by atoms with Gasteiger partial charge in [0.15, 0.2) is 0 Å². The third-order valence-electron chi connectivity index (χ3n) is 3.41. The van der Waals surface area contributed by atoms with Crippen molar-refractivity contribution in [1.82, 2.24) is 10.2 Å². The van der Waals surface area contributed by atoms with Crippen LogP contribution in [0.4, 0.5) is 0 Å². The zero-order valence-electron chi connectivity index (χ0n) is 11.8. The van der Waals surface area contributed by atoms with Gasteiger partial charge in [0.25, 0.3) is 0 Å². The maximum atomic E-state index is 11.0. The molecule has 0 aromatic heterocycles. The molecule has 0 saturated carbocycles. The second-order valence-electron chi connectivity index (χ2n) is 4.86. The van der Waals surface area contributed by atoms with Crippen LogP contribution in [0.1, 0.15) is 26.7 Å². The largest absolute Gasteiger partial charge is 0.464 e. The number of hydrogen-bond donors (Lipinski definition) is 1. The van der Waals surface area contributed by atoms with E-state index in [0.717, 1.165) is 13.1 Å². The Hall–Kier alpha value is -0.650. The second kappa shape index (κ2) is 8.45. The number of nitrogens with one attached hydrogen (secondary N) is 1. The van der Waals surface area contributed by atoms with Crippen LogP contribution in [0.2, 0.25) is 0 Å². The van der Waals surface area contributed by atoms with Crippen molar-refractivity contribution >= 4 is 5.97 Å². The third-order valence-corrected chi connectivity index (χ3v) is 3.41. The van der Waals surface area contributed by atoms with Crippen LogP contribution in [0, 0.1) is 0 Å². The van der Waals surface area contributed by atoms with Crippen LogP contribution < -0.4 is 5.32 Å². The Kier molecular flexibility index (Phi) is 7.23. The molecular formula is C13H26N2O3. The number of carbonyl (C=O) groups is 1. The molecule has 0 aliphatic carbocycles. The number of likely N-dealkylation sites (tertiary alicyclic amines) is 1. The maximum Gasteiger partial charge on any atom is 0.332 e. The van der Waals surface area contributed by atoms with Crippen LogP contribution in [0.3, 0.4) is 0 Å². The SMILES string of the molecule is CCOC(=O)COCCNC1CCN(C)C(C)C1. The van der Waals surface area contributed by atoms with E-state index in [9.17, 15) is 4.79 Å². The summed E-state index contributed by atoms with van der Waals surface area (Å²) in [5.41, 5.74) is 0. The number of carbonyl (C=O) groups excluding carboxylic acids is 1. The molecule has 1 N–H and O–H groups in total. The molecule has 1 aliphatic heterocycles. The summed E-state index contributed by atoms with van der Waals surface area (Å²) in [6.45, 7) is 7.00. The third kappa shape index (κ3) is 5.80.